The Balaban J connectivity index is 1.43. The van der Waals surface area contributed by atoms with Crippen molar-refractivity contribution in [3.05, 3.63) is 53.8 Å². The van der Waals surface area contributed by atoms with Crippen molar-refractivity contribution >= 4 is 17.3 Å². The second-order valence-electron chi connectivity index (χ2n) is 9.33. The molecule has 2 fully saturated rings. The molecule has 2 atom stereocenters. The van der Waals surface area contributed by atoms with Crippen molar-refractivity contribution in [1.82, 2.24) is 5.32 Å². The number of rotatable bonds is 4. The second-order valence-corrected chi connectivity index (χ2v) is 9.33. The molecule has 0 bridgehead atoms. The third-order valence-corrected chi connectivity index (χ3v) is 7.40. The minimum Gasteiger partial charge on any atom is -0.497 e. The number of halogens is 1. The lowest BCUT2D eigenvalue weighted by molar-refractivity contribution is -0.126. The molecule has 2 aliphatic heterocycles. The number of amides is 1. The van der Waals surface area contributed by atoms with Gasteiger partial charge in [-0.15, -0.1) is 0 Å². The van der Waals surface area contributed by atoms with Crippen LogP contribution in [0.15, 0.2) is 42.5 Å². The van der Waals surface area contributed by atoms with Crippen LogP contribution in [-0.4, -0.2) is 44.7 Å². The SMILES string of the molecule is COc1ccc2c(c1)N1CCN(c3ccc(F)cc3)C[C@@H]1[C@@H](C(=O)NC1CCCCC1)C2. The van der Waals surface area contributed by atoms with Gasteiger partial charge in [-0.25, -0.2) is 4.39 Å². The first-order chi connectivity index (χ1) is 15.6. The van der Waals surface area contributed by atoms with Gasteiger partial charge in [-0.05, 0) is 55.2 Å². The third kappa shape index (κ3) is 4.15. The predicted molar refractivity (Wildman–Crippen MR) is 125 cm³/mol. The number of methoxy groups -OCH3 is 1. The smallest absolute Gasteiger partial charge is 0.225 e. The number of carbonyl (C=O) groups is 1. The standard InChI is InChI=1S/C26H32FN3O2/c1-32-22-12-7-18-15-23(26(31)28-20-5-3-2-4-6-20)25-17-29(13-14-30(25)24(18)16-22)21-10-8-19(27)9-11-21/h7-12,16,20,23,25H,2-6,13-15,17H2,1H3,(H,28,31)/t23-,25+/m0/s1. The minimum atomic E-state index is -0.226. The van der Waals surface area contributed by atoms with Crippen LogP contribution in [0.25, 0.3) is 0 Å². The molecule has 0 aromatic heterocycles. The first kappa shape index (κ1) is 21.1. The van der Waals surface area contributed by atoms with Crippen LogP contribution in [0, 0.1) is 11.7 Å². The fourth-order valence-corrected chi connectivity index (χ4v) is 5.65. The summed E-state index contributed by atoms with van der Waals surface area (Å²) in [6.45, 7) is 2.39. The molecule has 0 unspecified atom stereocenters. The lowest BCUT2D eigenvalue weighted by Crippen LogP contribution is -2.61. The molecular formula is C26H32FN3O2. The van der Waals surface area contributed by atoms with E-state index in [9.17, 15) is 9.18 Å². The van der Waals surface area contributed by atoms with Gasteiger partial charge in [0, 0.05) is 43.1 Å². The van der Waals surface area contributed by atoms with Crippen LogP contribution in [-0.2, 0) is 11.2 Å². The normalized spacial score (nSPS) is 23.3. The van der Waals surface area contributed by atoms with Gasteiger partial charge in [0.2, 0.25) is 5.91 Å². The zero-order chi connectivity index (χ0) is 22.1. The van der Waals surface area contributed by atoms with Crippen LogP contribution < -0.4 is 19.9 Å². The molecule has 0 radical (unpaired) electrons. The summed E-state index contributed by atoms with van der Waals surface area (Å²) in [5, 5.41) is 3.38. The zero-order valence-corrected chi connectivity index (χ0v) is 18.7. The van der Waals surface area contributed by atoms with E-state index in [2.05, 4.69) is 27.2 Å². The zero-order valence-electron chi connectivity index (χ0n) is 18.7. The van der Waals surface area contributed by atoms with Gasteiger partial charge >= 0.3 is 0 Å². The van der Waals surface area contributed by atoms with E-state index >= 15 is 0 Å². The summed E-state index contributed by atoms with van der Waals surface area (Å²) < 4.78 is 18.9. The lowest BCUT2D eigenvalue weighted by Gasteiger charge is -2.50. The maximum atomic E-state index is 13.5. The Morgan fingerprint density at radius 2 is 1.84 bits per heavy atom. The van der Waals surface area contributed by atoms with Crippen molar-refractivity contribution in [1.29, 1.82) is 0 Å². The molecule has 1 N–H and O–H groups in total. The lowest BCUT2D eigenvalue weighted by atomic mass is 9.82. The molecule has 0 spiro atoms. The summed E-state index contributed by atoms with van der Waals surface area (Å²) >= 11 is 0. The van der Waals surface area contributed by atoms with E-state index in [0.717, 1.165) is 50.3 Å². The highest BCUT2D eigenvalue weighted by Crippen LogP contribution is 2.39. The summed E-state index contributed by atoms with van der Waals surface area (Å²) in [7, 11) is 1.69. The van der Waals surface area contributed by atoms with Gasteiger partial charge in [0.05, 0.1) is 19.1 Å². The van der Waals surface area contributed by atoms with Crippen LogP contribution in [0.2, 0.25) is 0 Å². The summed E-state index contributed by atoms with van der Waals surface area (Å²) in [5.41, 5.74) is 3.39. The van der Waals surface area contributed by atoms with Gasteiger partial charge in [-0.1, -0.05) is 25.3 Å². The van der Waals surface area contributed by atoms with Crippen molar-refractivity contribution in [3.63, 3.8) is 0 Å². The highest BCUT2D eigenvalue weighted by molar-refractivity contribution is 5.83. The molecule has 170 valence electrons. The van der Waals surface area contributed by atoms with Crippen molar-refractivity contribution in [3.8, 4) is 5.75 Å². The van der Waals surface area contributed by atoms with E-state index in [4.69, 9.17) is 4.74 Å². The molecule has 2 heterocycles. The molecule has 32 heavy (non-hydrogen) atoms. The summed E-state index contributed by atoms with van der Waals surface area (Å²) in [6.07, 6.45) is 6.58. The molecule has 2 aromatic carbocycles. The average Bonchev–Trinajstić information content (AvgIpc) is 2.84. The largest absolute Gasteiger partial charge is 0.497 e. The molecule has 5 nitrogen and oxygen atoms in total. The number of fused-ring (bicyclic) bond motifs is 3. The maximum Gasteiger partial charge on any atom is 0.225 e. The van der Waals surface area contributed by atoms with Gasteiger partial charge in [0.1, 0.15) is 11.6 Å². The fourth-order valence-electron chi connectivity index (χ4n) is 5.65. The van der Waals surface area contributed by atoms with Crippen molar-refractivity contribution in [2.75, 3.05) is 36.5 Å². The predicted octanol–water partition coefficient (Wildman–Crippen LogP) is 4.15. The number of nitrogens with zero attached hydrogens (tertiary/aromatic N) is 2. The first-order valence-corrected chi connectivity index (χ1v) is 11.9. The van der Waals surface area contributed by atoms with Crippen LogP contribution in [0.1, 0.15) is 37.7 Å². The third-order valence-electron chi connectivity index (χ3n) is 7.40. The number of piperazine rings is 1. The van der Waals surface area contributed by atoms with Crippen LogP contribution >= 0.6 is 0 Å². The van der Waals surface area contributed by atoms with E-state index in [0.29, 0.717) is 6.04 Å². The van der Waals surface area contributed by atoms with Gasteiger partial charge in [-0.3, -0.25) is 4.79 Å². The van der Waals surface area contributed by atoms with Crippen molar-refractivity contribution in [2.24, 2.45) is 5.92 Å². The Labute approximate surface area is 189 Å². The molecule has 1 saturated heterocycles. The van der Waals surface area contributed by atoms with E-state index in [1.54, 1.807) is 7.11 Å². The Hall–Kier alpha value is -2.76. The topological polar surface area (TPSA) is 44.8 Å². The second kappa shape index (κ2) is 9.00. The van der Waals surface area contributed by atoms with Crippen LogP contribution in [0.3, 0.4) is 0 Å². The summed E-state index contributed by atoms with van der Waals surface area (Å²) in [4.78, 5) is 18.2. The minimum absolute atomic E-state index is 0.0667. The highest BCUT2D eigenvalue weighted by atomic mass is 19.1. The van der Waals surface area contributed by atoms with E-state index < -0.39 is 0 Å². The number of nitrogens with one attached hydrogen (secondary N) is 1. The molecule has 2 aromatic rings. The number of hydrogen-bond acceptors (Lipinski definition) is 4. The molecule has 6 heteroatoms. The number of ether oxygens (including phenoxy) is 1. The van der Waals surface area contributed by atoms with Crippen LogP contribution in [0.4, 0.5) is 15.8 Å². The van der Waals surface area contributed by atoms with E-state index in [1.807, 2.05) is 18.2 Å². The summed E-state index contributed by atoms with van der Waals surface area (Å²) in [5.74, 6) is 0.680. The van der Waals surface area contributed by atoms with Crippen molar-refractivity contribution < 1.29 is 13.9 Å². The summed E-state index contributed by atoms with van der Waals surface area (Å²) in [6, 6.07) is 13.3. The Bertz CT molecular complexity index is 958. The molecule has 5 rings (SSSR count). The number of benzene rings is 2. The average molecular weight is 438 g/mol. The number of anilines is 2. The van der Waals surface area contributed by atoms with E-state index in [1.165, 1.54) is 42.6 Å². The Morgan fingerprint density at radius 3 is 2.59 bits per heavy atom. The molecular weight excluding hydrogens is 405 g/mol. The molecule has 1 aliphatic carbocycles. The van der Waals surface area contributed by atoms with Gasteiger partial charge in [0.15, 0.2) is 0 Å². The molecule has 3 aliphatic rings. The van der Waals surface area contributed by atoms with Gasteiger partial charge in [-0.2, -0.15) is 0 Å². The van der Waals surface area contributed by atoms with Gasteiger partial charge < -0.3 is 19.9 Å². The Kier molecular flexibility index (Phi) is 5.94. The van der Waals surface area contributed by atoms with Gasteiger partial charge in [0.25, 0.3) is 0 Å². The van der Waals surface area contributed by atoms with Crippen LogP contribution in [0.5, 0.6) is 5.75 Å². The monoisotopic (exact) mass is 437 g/mol. The number of hydrogen-bond donors (Lipinski definition) is 1. The number of carbonyl (C=O) groups excluding carboxylic acids is 1. The molecule has 1 saturated carbocycles. The molecule has 1 amide bonds. The highest BCUT2D eigenvalue weighted by Gasteiger charge is 2.42. The fraction of sp³-hybridized carbons (Fsp3) is 0.500. The Morgan fingerprint density at radius 1 is 1.06 bits per heavy atom. The first-order valence-electron chi connectivity index (χ1n) is 11.9. The van der Waals surface area contributed by atoms with Crippen molar-refractivity contribution in [2.45, 2.75) is 50.6 Å². The maximum absolute atomic E-state index is 13.5. The quantitative estimate of drug-likeness (QED) is 0.781. The van der Waals surface area contributed by atoms with E-state index in [-0.39, 0.29) is 23.7 Å².